The van der Waals surface area contributed by atoms with Crippen LogP contribution in [-0.2, 0) is 9.53 Å². The highest BCUT2D eigenvalue weighted by atomic mass is 16.5. The fourth-order valence-corrected chi connectivity index (χ4v) is 0.987. The van der Waals surface area contributed by atoms with Gasteiger partial charge in [-0.15, -0.1) is 0 Å². The van der Waals surface area contributed by atoms with Crippen LogP contribution in [0.15, 0.2) is 23.5 Å². The summed E-state index contributed by atoms with van der Waals surface area (Å²) in [6.45, 7) is 0. The molecule has 0 radical (unpaired) electrons. The van der Waals surface area contributed by atoms with Crippen molar-refractivity contribution in [3.05, 3.63) is 23.5 Å². The molecule has 1 aliphatic carbocycles. The first-order valence-electron chi connectivity index (χ1n) is 3.52. The maximum Gasteiger partial charge on any atom is 0.336 e. The highest BCUT2D eigenvalue weighted by Gasteiger charge is 2.21. The zero-order valence-electron chi connectivity index (χ0n) is 6.65. The lowest BCUT2D eigenvalue weighted by Gasteiger charge is -2.14. The molecule has 0 unspecified atom stereocenters. The average Bonchev–Trinajstić information content (AvgIpc) is 2.08. The Morgan fingerprint density at radius 1 is 1.75 bits per heavy atom. The Bertz CT molecular complexity index is 252. The maximum atomic E-state index is 10.9. The molecule has 0 aromatic heterocycles. The lowest BCUT2D eigenvalue weighted by molar-refractivity contribution is -0.137. The molecule has 4 heteroatoms. The summed E-state index contributed by atoms with van der Waals surface area (Å²) in [4.78, 5) is 10.9. The van der Waals surface area contributed by atoms with Crippen LogP contribution in [0.2, 0.25) is 0 Å². The molecule has 0 aliphatic heterocycles. The highest BCUT2D eigenvalue weighted by Crippen LogP contribution is 2.17. The first-order valence-corrected chi connectivity index (χ1v) is 3.52. The fourth-order valence-electron chi connectivity index (χ4n) is 0.987. The van der Waals surface area contributed by atoms with Crippen LogP contribution in [0.3, 0.4) is 0 Å². The fraction of sp³-hybridized carbons (Fsp3) is 0.375. The van der Waals surface area contributed by atoms with Crippen molar-refractivity contribution in [1.29, 1.82) is 0 Å². The van der Waals surface area contributed by atoms with Gasteiger partial charge in [0.25, 0.3) is 0 Å². The number of hydrogen-bond donors (Lipinski definition) is 2. The predicted octanol–water partition coefficient (Wildman–Crippen LogP) is 0.292. The van der Waals surface area contributed by atoms with E-state index in [2.05, 4.69) is 4.74 Å². The van der Waals surface area contributed by atoms with E-state index >= 15 is 0 Å². The van der Waals surface area contributed by atoms with Crippen LogP contribution in [0.5, 0.6) is 0 Å². The molecule has 2 N–H and O–H groups in total. The Kier molecular flexibility index (Phi) is 2.50. The van der Waals surface area contributed by atoms with Crippen molar-refractivity contribution in [3.8, 4) is 0 Å². The first kappa shape index (κ1) is 8.80. The summed E-state index contributed by atoms with van der Waals surface area (Å²) in [5.74, 6) is -0.622. The molecule has 0 heterocycles. The van der Waals surface area contributed by atoms with Crippen LogP contribution in [0.25, 0.3) is 0 Å². The Labute approximate surface area is 69.8 Å². The van der Waals surface area contributed by atoms with Crippen LogP contribution in [0.4, 0.5) is 0 Å². The minimum Gasteiger partial charge on any atom is -0.508 e. The SMILES string of the molecule is COC(=O)C1=CC(O)=CC[C@H]1O. The molecular weight excluding hydrogens is 160 g/mol. The third-order valence-electron chi connectivity index (χ3n) is 1.63. The summed E-state index contributed by atoms with van der Waals surface area (Å²) in [6.07, 6.45) is 2.03. The predicted molar refractivity (Wildman–Crippen MR) is 41.4 cm³/mol. The number of carbonyl (C=O) groups excluding carboxylic acids is 1. The second-order valence-electron chi connectivity index (χ2n) is 2.47. The molecule has 0 aromatic rings. The topological polar surface area (TPSA) is 66.8 Å². The standard InChI is InChI=1S/C8H10O4/c1-12-8(11)6-4-5(9)2-3-7(6)10/h2,4,7,9-10H,3H2,1H3/t7-/m1/s1. The van der Waals surface area contributed by atoms with Gasteiger partial charge in [-0.2, -0.15) is 0 Å². The highest BCUT2D eigenvalue weighted by molar-refractivity contribution is 5.90. The second kappa shape index (κ2) is 3.40. The quantitative estimate of drug-likeness (QED) is 0.555. The third-order valence-corrected chi connectivity index (χ3v) is 1.63. The molecule has 66 valence electrons. The summed E-state index contributed by atoms with van der Waals surface area (Å²) in [5.41, 5.74) is 0.0949. The molecule has 1 rings (SSSR count). The summed E-state index contributed by atoms with van der Waals surface area (Å²) in [6, 6.07) is 0. The van der Waals surface area contributed by atoms with Crippen molar-refractivity contribution < 1.29 is 19.7 Å². The van der Waals surface area contributed by atoms with E-state index in [1.165, 1.54) is 19.3 Å². The van der Waals surface area contributed by atoms with E-state index in [-0.39, 0.29) is 17.8 Å². The molecule has 1 atom stereocenters. The van der Waals surface area contributed by atoms with Crippen molar-refractivity contribution in [3.63, 3.8) is 0 Å². The van der Waals surface area contributed by atoms with Gasteiger partial charge >= 0.3 is 5.97 Å². The van der Waals surface area contributed by atoms with Gasteiger partial charge in [0.2, 0.25) is 0 Å². The largest absolute Gasteiger partial charge is 0.508 e. The van der Waals surface area contributed by atoms with E-state index in [0.717, 1.165) is 0 Å². The summed E-state index contributed by atoms with van der Waals surface area (Å²) in [7, 11) is 1.23. The molecule has 1 aliphatic rings. The van der Waals surface area contributed by atoms with Gasteiger partial charge in [0.15, 0.2) is 0 Å². The summed E-state index contributed by atoms with van der Waals surface area (Å²) in [5, 5.41) is 18.3. The number of hydrogen-bond acceptors (Lipinski definition) is 4. The maximum absolute atomic E-state index is 10.9. The molecular formula is C8H10O4. The van der Waals surface area contributed by atoms with Crippen molar-refractivity contribution >= 4 is 5.97 Å². The smallest absolute Gasteiger partial charge is 0.336 e. The van der Waals surface area contributed by atoms with Crippen LogP contribution in [0, 0.1) is 0 Å². The number of aliphatic hydroxyl groups excluding tert-OH is 2. The number of rotatable bonds is 1. The van der Waals surface area contributed by atoms with Gasteiger partial charge in [0, 0.05) is 0 Å². The lowest BCUT2D eigenvalue weighted by atomic mass is 10.0. The second-order valence-corrected chi connectivity index (χ2v) is 2.47. The van der Waals surface area contributed by atoms with E-state index in [1.807, 2.05) is 0 Å². The molecule has 0 aromatic carbocycles. The van der Waals surface area contributed by atoms with Crippen molar-refractivity contribution in [2.24, 2.45) is 0 Å². The van der Waals surface area contributed by atoms with Crippen LogP contribution >= 0.6 is 0 Å². The van der Waals surface area contributed by atoms with Gasteiger partial charge in [-0.25, -0.2) is 4.79 Å². The summed E-state index contributed by atoms with van der Waals surface area (Å²) < 4.78 is 4.40. The molecule has 0 saturated carbocycles. The Morgan fingerprint density at radius 3 is 3.00 bits per heavy atom. The normalized spacial score (nSPS) is 22.7. The van der Waals surface area contributed by atoms with Crippen molar-refractivity contribution in [1.82, 2.24) is 0 Å². The Morgan fingerprint density at radius 2 is 2.42 bits per heavy atom. The van der Waals surface area contributed by atoms with E-state index in [4.69, 9.17) is 5.11 Å². The van der Waals surface area contributed by atoms with E-state index in [1.54, 1.807) is 0 Å². The van der Waals surface area contributed by atoms with Gasteiger partial charge in [-0.1, -0.05) is 0 Å². The van der Waals surface area contributed by atoms with Gasteiger partial charge in [-0.3, -0.25) is 0 Å². The number of esters is 1. The molecule has 0 amide bonds. The number of ether oxygens (including phenoxy) is 1. The van der Waals surface area contributed by atoms with E-state index in [9.17, 15) is 9.90 Å². The zero-order valence-corrected chi connectivity index (χ0v) is 6.65. The van der Waals surface area contributed by atoms with Crippen LogP contribution in [-0.4, -0.2) is 29.4 Å². The molecule has 0 saturated heterocycles. The third kappa shape index (κ3) is 1.65. The Balaban J connectivity index is 2.85. The van der Waals surface area contributed by atoms with Crippen molar-refractivity contribution in [2.45, 2.75) is 12.5 Å². The molecule has 4 nitrogen and oxygen atoms in total. The number of aliphatic hydroxyl groups is 2. The first-order chi connectivity index (χ1) is 5.65. The zero-order chi connectivity index (χ0) is 9.14. The van der Waals surface area contributed by atoms with Crippen LogP contribution < -0.4 is 0 Å². The molecule has 12 heavy (non-hydrogen) atoms. The summed E-state index contributed by atoms with van der Waals surface area (Å²) >= 11 is 0. The van der Waals surface area contributed by atoms with Gasteiger partial charge in [0.1, 0.15) is 5.76 Å². The minimum atomic E-state index is -0.867. The van der Waals surface area contributed by atoms with Gasteiger partial charge in [0.05, 0.1) is 18.8 Å². The van der Waals surface area contributed by atoms with E-state index in [0.29, 0.717) is 0 Å². The van der Waals surface area contributed by atoms with Crippen LogP contribution in [0.1, 0.15) is 6.42 Å². The minimum absolute atomic E-state index is 0.0132. The van der Waals surface area contributed by atoms with Gasteiger partial charge in [-0.05, 0) is 18.6 Å². The molecule has 0 bridgehead atoms. The lowest BCUT2D eigenvalue weighted by Crippen LogP contribution is -2.21. The molecule has 0 fully saturated rings. The number of methoxy groups -OCH3 is 1. The molecule has 0 spiro atoms. The van der Waals surface area contributed by atoms with Crippen molar-refractivity contribution in [2.75, 3.05) is 7.11 Å². The van der Waals surface area contributed by atoms with Gasteiger partial charge < -0.3 is 14.9 Å². The average molecular weight is 170 g/mol. The number of allylic oxidation sites excluding steroid dienone is 1. The monoisotopic (exact) mass is 170 g/mol. The Hall–Kier alpha value is -1.29. The number of carbonyl (C=O) groups is 1. The van der Waals surface area contributed by atoms with E-state index < -0.39 is 12.1 Å².